The molecule has 0 radical (unpaired) electrons. The molecule has 15 heavy (non-hydrogen) atoms. The molecule has 1 saturated carbocycles. The van der Waals surface area contributed by atoms with Gasteiger partial charge in [-0.2, -0.15) is 11.8 Å². The van der Waals surface area contributed by atoms with Crippen LogP contribution < -0.4 is 11.1 Å². The predicted octanol–water partition coefficient (Wildman–Crippen LogP) is 1.31. The molecule has 1 atom stereocenters. The van der Waals surface area contributed by atoms with Crippen LogP contribution in [0.4, 0.5) is 0 Å². The van der Waals surface area contributed by atoms with E-state index >= 15 is 0 Å². The largest absolute Gasteiger partial charge is 0.392 e. The summed E-state index contributed by atoms with van der Waals surface area (Å²) in [5, 5.41) is 2.98. The highest BCUT2D eigenvalue weighted by atomic mass is 32.2. The van der Waals surface area contributed by atoms with Crippen molar-refractivity contribution in [3.05, 3.63) is 0 Å². The van der Waals surface area contributed by atoms with Crippen LogP contribution in [0, 0.1) is 5.41 Å². The Hall–Kier alpha value is -0.290. The van der Waals surface area contributed by atoms with Crippen LogP contribution in [-0.4, -0.2) is 28.9 Å². The standard InChI is InChI=1S/C10H18N2OS2/c1-7(3-6-15-2)12-9(13)10(4-5-10)8(11)14/h7H,3-6H2,1-2H3,(H2,11,14)(H,12,13). The normalized spacial score (nSPS) is 19.3. The quantitative estimate of drug-likeness (QED) is 0.694. The maximum absolute atomic E-state index is 11.9. The van der Waals surface area contributed by atoms with Crippen LogP contribution in [-0.2, 0) is 4.79 Å². The average Bonchev–Trinajstić information content (AvgIpc) is 2.95. The van der Waals surface area contributed by atoms with Crippen molar-refractivity contribution in [3.63, 3.8) is 0 Å². The molecule has 0 aromatic heterocycles. The molecule has 3 N–H and O–H groups in total. The van der Waals surface area contributed by atoms with Crippen LogP contribution in [0.1, 0.15) is 26.2 Å². The molecule has 0 heterocycles. The SMILES string of the molecule is CSCCC(C)NC(=O)C1(C(N)=S)CC1. The molecular weight excluding hydrogens is 228 g/mol. The van der Waals surface area contributed by atoms with Crippen molar-refractivity contribution in [2.75, 3.05) is 12.0 Å². The van der Waals surface area contributed by atoms with Crippen LogP contribution in [0.2, 0.25) is 0 Å². The molecular formula is C10H18N2OS2. The Morgan fingerprint density at radius 2 is 2.27 bits per heavy atom. The van der Waals surface area contributed by atoms with Crippen molar-refractivity contribution < 1.29 is 4.79 Å². The second-order valence-electron chi connectivity index (χ2n) is 4.10. The van der Waals surface area contributed by atoms with E-state index in [1.54, 1.807) is 11.8 Å². The zero-order valence-corrected chi connectivity index (χ0v) is 10.8. The average molecular weight is 246 g/mol. The van der Waals surface area contributed by atoms with Gasteiger partial charge in [-0.05, 0) is 38.2 Å². The number of nitrogens with two attached hydrogens (primary N) is 1. The lowest BCUT2D eigenvalue weighted by atomic mass is 10.1. The Kier molecular flexibility index (Phi) is 4.40. The number of carbonyl (C=O) groups is 1. The third-order valence-corrected chi connectivity index (χ3v) is 3.82. The van der Waals surface area contributed by atoms with Gasteiger partial charge in [-0.3, -0.25) is 4.79 Å². The second-order valence-corrected chi connectivity index (χ2v) is 5.53. The van der Waals surface area contributed by atoms with Crippen LogP contribution in [0.3, 0.4) is 0 Å². The number of thioether (sulfide) groups is 1. The Morgan fingerprint density at radius 1 is 1.67 bits per heavy atom. The first kappa shape index (κ1) is 12.8. The van der Waals surface area contributed by atoms with Gasteiger partial charge in [0.2, 0.25) is 5.91 Å². The summed E-state index contributed by atoms with van der Waals surface area (Å²) in [7, 11) is 0. The monoisotopic (exact) mass is 246 g/mol. The van der Waals surface area contributed by atoms with Gasteiger partial charge >= 0.3 is 0 Å². The fourth-order valence-corrected chi connectivity index (χ4v) is 2.33. The Labute approximate surface area is 101 Å². The topological polar surface area (TPSA) is 55.1 Å². The van der Waals surface area contributed by atoms with Gasteiger partial charge in [0, 0.05) is 6.04 Å². The molecule has 1 aliphatic rings. The summed E-state index contributed by atoms with van der Waals surface area (Å²) >= 11 is 6.71. The van der Waals surface area contributed by atoms with Gasteiger partial charge in [-0.25, -0.2) is 0 Å². The zero-order valence-electron chi connectivity index (χ0n) is 9.21. The van der Waals surface area contributed by atoms with Crippen LogP contribution in [0.5, 0.6) is 0 Å². The van der Waals surface area contributed by atoms with E-state index in [1.165, 1.54) is 0 Å². The molecule has 1 fully saturated rings. The molecule has 0 aliphatic heterocycles. The van der Waals surface area contributed by atoms with Crippen LogP contribution in [0.15, 0.2) is 0 Å². The summed E-state index contributed by atoms with van der Waals surface area (Å²) in [4.78, 5) is 12.2. The summed E-state index contributed by atoms with van der Waals surface area (Å²) in [6, 6.07) is 0.205. The molecule has 0 spiro atoms. The maximum Gasteiger partial charge on any atom is 0.233 e. The second kappa shape index (κ2) is 5.16. The number of hydrogen-bond donors (Lipinski definition) is 2. The van der Waals surface area contributed by atoms with Crippen molar-refractivity contribution in [1.82, 2.24) is 5.32 Å². The van der Waals surface area contributed by atoms with Gasteiger partial charge in [0.05, 0.1) is 10.4 Å². The Balaban J connectivity index is 2.39. The molecule has 0 saturated heterocycles. The minimum Gasteiger partial charge on any atom is -0.392 e. The third-order valence-electron chi connectivity index (χ3n) is 2.79. The van der Waals surface area contributed by atoms with E-state index < -0.39 is 5.41 Å². The van der Waals surface area contributed by atoms with Gasteiger partial charge in [-0.15, -0.1) is 0 Å². The van der Waals surface area contributed by atoms with E-state index in [0.717, 1.165) is 25.0 Å². The molecule has 0 bridgehead atoms. The van der Waals surface area contributed by atoms with Crippen molar-refractivity contribution in [2.45, 2.75) is 32.2 Å². The van der Waals surface area contributed by atoms with Gasteiger partial charge in [-0.1, -0.05) is 12.2 Å². The van der Waals surface area contributed by atoms with Crippen molar-refractivity contribution in [1.29, 1.82) is 0 Å². The van der Waals surface area contributed by atoms with Gasteiger partial charge in [0.1, 0.15) is 0 Å². The Morgan fingerprint density at radius 3 is 2.67 bits per heavy atom. The highest BCUT2D eigenvalue weighted by Gasteiger charge is 2.52. The molecule has 1 rings (SSSR count). The van der Waals surface area contributed by atoms with Gasteiger partial charge < -0.3 is 11.1 Å². The molecule has 86 valence electrons. The smallest absolute Gasteiger partial charge is 0.233 e. The molecule has 1 unspecified atom stereocenters. The van der Waals surface area contributed by atoms with Crippen molar-refractivity contribution in [3.8, 4) is 0 Å². The lowest BCUT2D eigenvalue weighted by Crippen LogP contribution is -2.43. The van der Waals surface area contributed by atoms with E-state index in [4.69, 9.17) is 18.0 Å². The van der Waals surface area contributed by atoms with Gasteiger partial charge in [0.25, 0.3) is 0 Å². The Bertz CT molecular complexity index is 264. The maximum atomic E-state index is 11.9. The number of nitrogens with one attached hydrogen (secondary N) is 1. The fraction of sp³-hybridized carbons (Fsp3) is 0.800. The van der Waals surface area contributed by atoms with E-state index in [2.05, 4.69) is 11.6 Å². The molecule has 5 heteroatoms. The highest BCUT2D eigenvalue weighted by Crippen LogP contribution is 2.46. The van der Waals surface area contributed by atoms with Crippen LogP contribution in [0.25, 0.3) is 0 Å². The van der Waals surface area contributed by atoms with E-state index in [0.29, 0.717) is 4.99 Å². The number of rotatable bonds is 6. The van der Waals surface area contributed by atoms with Crippen LogP contribution >= 0.6 is 24.0 Å². The summed E-state index contributed by atoms with van der Waals surface area (Å²) in [6.45, 7) is 2.02. The predicted molar refractivity (Wildman–Crippen MR) is 69.1 cm³/mol. The minimum atomic E-state index is -0.511. The lowest BCUT2D eigenvalue weighted by molar-refractivity contribution is -0.124. The summed E-state index contributed by atoms with van der Waals surface area (Å²) < 4.78 is 0. The lowest BCUT2D eigenvalue weighted by Gasteiger charge is -2.18. The summed E-state index contributed by atoms with van der Waals surface area (Å²) in [5.41, 5.74) is 5.07. The van der Waals surface area contributed by atoms with E-state index in [-0.39, 0.29) is 11.9 Å². The van der Waals surface area contributed by atoms with E-state index in [9.17, 15) is 4.79 Å². The molecule has 0 aromatic carbocycles. The molecule has 0 aromatic rings. The first-order valence-corrected chi connectivity index (χ1v) is 6.93. The third kappa shape index (κ3) is 3.08. The summed E-state index contributed by atoms with van der Waals surface area (Å²) in [6.07, 6.45) is 4.67. The first-order valence-electron chi connectivity index (χ1n) is 5.13. The number of hydrogen-bond acceptors (Lipinski definition) is 3. The van der Waals surface area contributed by atoms with Crippen molar-refractivity contribution >= 4 is 34.9 Å². The van der Waals surface area contributed by atoms with E-state index in [1.807, 2.05) is 6.92 Å². The number of carbonyl (C=O) groups excluding carboxylic acids is 1. The molecule has 3 nitrogen and oxygen atoms in total. The summed E-state index contributed by atoms with van der Waals surface area (Å²) in [5.74, 6) is 1.07. The highest BCUT2D eigenvalue weighted by molar-refractivity contribution is 7.98. The number of amides is 1. The molecule has 1 amide bonds. The number of thiocarbonyl (C=S) groups is 1. The minimum absolute atomic E-state index is 0.0172. The van der Waals surface area contributed by atoms with Crippen molar-refractivity contribution in [2.24, 2.45) is 11.1 Å². The van der Waals surface area contributed by atoms with Gasteiger partial charge in [0.15, 0.2) is 0 Å². The molecule has 1 aliphatic carbocycles. The first-order chi connectivity index (χ1) is 7.03. The fourth-order valence-electron chi connectivity index (χ4n) is 1.44. The zero-order chi connectivity index (χ0) is 11.5.